The van der Waals surface area contributed by atoms with Gasteiger partial charge in [0.15, 0.2) is 5.82 Å². The van der Waals surface area contributed by atoms with Crippen LogP contribution in [0.1, 0.15) is 35.3 Å². The second-order valence-electron chi connectivity index (χ2n) is 8.08. The van der Waals surface area contributed by atoms with Crippen LogP contribution < -0.4 is 5.32 Å². The smallest absolute Gasteiger partial charge is 0.343 e. The number of hydrogen-bond acceptors (Lipinski definition) is 7. The van der Waals surface area contributed by atoms with Crippen molar-refractivity contribution in [2.45, 2.75) is 33.8 Å². The largest absolute Gasteiger partial charge is 0.459 e. The average molecular weight is 463 g/mol. The van der Waals surface area contributed by atoms with Crippen LogP contribution in [0.2, 0.25) is 0 Å². The number of hydrogen-bond donors (Lipinski definition) is 1. The zero-order valence-electron chi connectivity index (χ0n) is 19.0. The van der Waals surface area contributed by atoms with Crippen LogP contribution in [0, 0.1) is 29.8 Å². The number of aryl methyl sites for hydroxylation is 2. The van der Waals surface area contributed by atoms with E-state index in [1.165, 1.54) is 6.20 Å². The second kappa shape index (κ2) is 8.89. The Hall–Kier alpha value is -4.34. The first-order valence-corrected chi connectivity index (χ1v) is 10.5. The third kappa shape index (κ3) is 4.29. The standard InChI is InChI=1S/C24H22FN5O4/c1-13(2)34-23(31)17-11-26-24(27-19-10-21(30(32)33)18(25)9-14(19)3)28-22(17)29-12-15(4)16-7-5-6-8-20(16)29/h5-13H,1-4H3,(H,26,27,28). The molecule has 0 saturated carbocycles. The van der Waals surface area contributed by atoms with Gasteiger partial charge in [-0.3, -0.25) is 10.1 Å². The van der Waals surface area contributed by atoms with E-state index in [2.05, 4.69) is 15.3 Å². The van der Waals surface area contributed by atoms with E-state index in [1.807, 2.05) is 37.4 Å². The lowest BCUT2D eigenvalue weighted by atomic mass is 10.1. The molecule has 2 aromatic carbocycles. The predicted molar refractivity (Wildman–Crippen MR) is 125 cm³/mol. The number of ether oxygens (including phenoxy) is 1. The molecule has 9 nitrogen and oxygen atoms in total. The summed E-state index contributed by atoms with van der Waals surface area (Å²) in [6.07, 6.45) is 2.85. The molecule has 4 rings (SSSR count). The van der Waals surface area contributed by atoms with Crippen molar-refractivity contribution in [2.75, 3.05) is 5.32 Å². The molecule has 0 aliphatic heterocycles. The van der Waals surface area contributed by atoms with Crippen LogP contribution in [0.3, 0.4) is 0 Å². The molecule has 0 fully saturated rings. The molecule has 4 aromatic rings. The Labute approximate surface area is 194 Å². The lowest BCUT2D eigenvalue weighted by Crippen LogP contribution is -2.16. The van der Waals surface area contributed by atoms with Gasteiger partial charge >= 0.3 is 11.7 Å². The summed E-state index contributed by atoms with van der Waals surface area (Å²) in [5.74, 6) is -1.16. The monoisotopic (exact) mass is 463 g/mol. The molecule has 1 N–H and O–H groups in total. The van der Waals surface area contributed by atoms with E-state index in [-0.39, 0.29) is 29.1 Å². The van der Waals surface area contributed by atoms with E-state index in [4.69, 9.17) is 4.74 Å². The number of carbonyl (C=O) groups is 1. The van der Waals surface area contributed by atoms with E-state index in [0.29, 0.717) is 5.56 Å². The first kappa shape index (κ1) is 22.8. The Morgan fingerprint density at radius 2 is 1.94 bits per heavy atom. The van der Waals surface area contributed by atoms with E-state index in [1.54, 1.807) is 25.3 Å². The van der Waals surface area contributed by atoms with Gasteiger partial charge in [0.25, 0.3) is 0 Å². The summed E-state index contributed by atoms with van der Waals surface area (Å²) >= 11 is 0. The Balaban J connectivity index is 1.85. The summed E-state index contributed by atoms with van der Waals surface area (Å²) < 4.78 is 21.1. The Kier molecular flexibility index (Phi) is 5.97. The number of aromatic nitrogens is 3. The number of nitrogens with zero attached hydrogens (tertiary/aromatic N) is 4. The molecule has 34 heavy (non-hydrogen) atoms. The molecule has 0 amide bonds. The van der Waals surface area contributed by atoms with Gasteiger partial charge in [0.2, 0.25) is 11.8 Å². The van der Waals surface area contributed by atoms with Gasteiger partial charge < -0.3 is 14.6 Å². The predicted octanol–water partition coefficient (Wildman–Crippen LogP) is 5.39. The summed E-state index contributed by atoms with van der Waals surface area (Å²) in [5.41, 5.74) is 2.00. The summed E-state index contributed by atoms with van der Waals surface area (Å²) in [4.78, 5) is 31.9. The van der Waals surface area contributed by atoms with Gasteiger partial charge in [-0.2, -0.15) is 9.37 Å². The minimum Gasteiger partial charge on any atom is -0.459 e. The van der Waals surface area contributed by atoms with Crippen LogP contribution in [0.25, 0.3) is 16.7 Å². The van der Waals surface area contributed by atoms with Crippen molar-refractivity contribution in [3.63, 3.8) is 0 Å². The molecule has 174 valence electrons. The highest BCUT2D eigenvalue weighted by molar-refractivity contribution is 5.94. The molecule has 0 bridgehead atoms. The first-order chi connectivity index (χ1) is 16.2. The van der Waals surface area contributed by atoms with Gasteiger partial charge in [0.1, 0.15) is 5.56 Å². The van der Waals surface area contributed by atoms with Gasteiger partial charge in [0.05, 0.1) is 22.2 Å². The van der Waals surface area contributed by atoms with Gasteiger partial charge in [-0.15, -0.1) is 0 Å². The highest BCUT2D eigenvalue weighted by atomic mass is 19.1. The van der Waals surface area contributed by atoms with Crippen LogP contribution in [0.15, 0.2) is 48.8 Å². The van der Waals surface area contributed by atoms with Crippen molar-refractivity contribution in [2.24, 2.45) is 0 Å². The van der Waals surface area contributed by atoms with Crippen LogP contribution in [0.5, 0.6) is 0 Å². The maximum atomic E-state index is 13.9. The minimum absolute atomic E-state index is 0.0792. The van der Waals surface area contributed by atoms with Crippen molar-refractivity contribution in [3.05, 3.63) is 81.4 Å². The second-order valence-corrected chi connectivity index (χ2v) is 8.08. The Bertz CT molecular complexity index is 1430. The van der Waals surface area contributed by atoms with Gasteiger partial charge in [0, 0.05) is 23.8 Å². The number of halogens is 1. The molecule has 0 radical (unpaired) electrons. The fourth-order valence-corrected chi connectivity index (χ4v) is 3.62. The molecular weight excluding hydrogens is 441 g/mol. The SMILES string of the molecule is Cc1cc(F)c([N+](=O)[O-])cc1Nc1ncc(C(=O)OC(C)C)c(-n2cc(C)c3ccccc32)n1. The minimum atomic E-state index is -0.935. The van der Waals surface area contributed by atoms with Gasteiger partial charge in [-0.1, -0.05) is 18.2 Å². The lowest BCUT2D eigenvalue weighted by molar-refractivity contribution is -0.387. The maximum Gasteiger partial charge on any atom is 0.343 e. The highest BCUT2D eigenvalue weighted by Gasteiger charge is 2.22. The summed E-state index contributed by atoms with van der Waals surface area (Å²) in [6.45, 7) is 7.04. The van der Waals surface area contributed by atoms with E-state index in [9.17, 15) is 19.3 Å². The molecule has 0 saturated heterocycles. The van der Waals surface area contributed by atoms with Gasteiger partial charge in [-0.05, 0) is 51.0 Å². The van der Waals surface area contributed by atoms with E-state index in [0.717, 1.165) is 28.6 Å². The molecule has 2 heterocycles. The third-order valence-electron chi connectivity index (χ3n) is 5.21. The topological polar surface area (TPSA) is 112 Å². The zero-order valence-corrected chi connectivity index (χ0v) is 19.0. The molecule has 2 aromatic heterocycles. The van der Waals surface area contributed by atoms with E-state index < -0.39 is 22.4 Å². The van der Waals surface area contributed by atoms with Crippen molar-refractivity contribution < 1.29 is 18.8 Å². The number of carbonyl (C=O) groups excluding carboxylic acids is 1. The fourth-order valence-electron chi connectivity index (χ4n) is 3.62. The lowest BCUT2D eigenvalue weighted by Gasteiger charge is -2.14. The Morgan fingerprint density at radius 1 is 1.21 bits per heavy atom. The van der Waals surface area contributed by atoms with Crippen LogP contribution in [-0.2, 0) is 4.74 Å². The normalized spacial score (nSPS) is 11.1. The molecule has 10 heteroatoms. The molecule has 0 aliphatic rings. The van der Waals surface area contributed by atoms with Crippen molar-refractivity contribution in [3.8, 4) is 5.82 Å². The Morgan fingerprint density at radius 3 is 2.65 bits per heavy atom. The number of benzene rings is 2. The molecule has 0 atom stereocenters. The van der Waals surface area contributed by atoms with Crippen molar-refractivity contribution in [1.82, 2.24) is 14.5 Å². The number of rotatable bonds is 6. The van der Waals surface area contributed by atoms with Crippen molar-refractivity contribution >= 4 is 34.2 Å². The molecule has 0 unspecified atom stereocenters. The molecule has 0 aliphatic carbocycles. The maximum absolute atomic E-state index is 13.9. The van der Waals surface area contributed by atoms with Gasteiger partial charge in [-0.25, -0.2) is 9.78 Å². The third-order valence-corrected chi connectivity index (χ3v) is 5.21. The van der Waals surface area contributed by atoms with Crippen molar-refractivity contribution in [1.29, 1.82) is 0 Å². The molecular formula is C24H22FN5O4. The van der Waals surface area contributed by atoms with E-state index >= 15 is 0 Å². The van der Waals surface area contributed by atoms with Crippen LogP contribution in [0.4, 0.5) is 21.7 Å². The summed E-state index contributed by atoms with van der Waals surface area (Å²) in [5, 5.41) is 15.1. The van der Waals surface area contributed by atoms with Crippen LogP contribution >= 0.6 is 0 Å². The number of fused-ring (bicyclic) bond motifs is 1. The van der Waals surface area contributed by atoms with Crippen LogP contribution in [-0.4, -0.2) is 31.5 Å². The highest BCUT2D eigenvalue weighted by Crippen LogP contribution is 2.29. The summed E-state index contributed by atoms with van der Waals surface area (Å²) in [7, 11) is 0. The molecule has 0 spiro atoms. The number of nitro benzene ring substituents is 1. The number of anilines is 2. The number of nitro groups is 1. The zero-order chi connectivity index (χ0) is 24.6. The number of para-hydroxylation sites is 1. The summed E-state index contributed by atoms with van der Waals surface area (Å²) in [6, 6.07) is 9.83. The average Bonchev–Trinajstić information content (AvgIpc) is 3.11. The number of esters is 1. The first-order valence-electron chi connectivity index (χ1n) is 10.5. The number of nitrogens with one attached hydrogen (secondary N) is 1. The fraction of sp³-hybridized carbons (Fsp3) is 0.208. The quantitative estimate of drug-likeness (QED) is 0.232.